The number of esters is 2. The van der Waals surface area contributed by atoms with Crippen LogP contribution in [0.5, 0.6) is 0 Å². The molecular formula is C26H32N2O5. The Kier molecular flexibility index (Phi) is 8.72. The van der Waals surface area contributed by atoms with E-state index in [1.807, 2.05) is 0 Å². The average Bonchev–Trinajstić information content (AvgIpc) is 2.85. The Labute approximate surface area is 194 Å². The van der Waals surface area contributed by atoms with E-state index in [0.29, 0.717) is 39.6 Å². The van der Waals surface area contributed by atoms with Crippen LogP contribution in [0.15, 0.2) is 36.4 Å². The largest absolute Gasteiger partial charge is 0.469 e. The molecule has 0 saturated carbocycles. The highest BCUT2D eigenvalue weighted by Gasteiger charge is 2.30. The lowest BCUT2D eigenvalue weighted by molar-refractivity contribution is -0.150. The summed E-state index contributed by atoms with van der Waals surface area (Å²) in [6, 6.07) is 10.4. The van der Waals surface area contributed by atoms with E-state index in [1.165, 1.54) is 33.5 Å². The predicted molar refractivity (Wildman–Crippen MR) is 127 cm³/mol. The van der Waals surface area contributed by atoms with Crippen LogP contribution >= 0.6 is 0 Å². The highest BCUT2D eigenvalue weighted by molar-refractivity contribution is 6.03. The average molecular weight is 453 g/mol. The van der Waals surface area contributed by atoms with Crippen molar-refractivity contribution in [2.75, 3.05) is 14.2 Å². The summed E-state index contributed by atoms with van der Waals surface area (Å²) in [6.45, 7) is 2.18. The first-order chi connectivity index (χ1) is 16.0. The van der Waals surface area contributed by atoms with Gasteiger partial charge in [0.15, 0.2) is 0 Å². The molecule has 3 aromatic rings. The summed E-state index contributed by atoms with van der Waals surface area (Å²) >= 11 is 0. The number of ether oxygens (including phenoxy) is 2. The number of aliphatic hydroxyl groups excluding tert-OH is 1. The van der Waals surface area contributed by atoms with E-state index in [-0.39, 0.29) is 0 Å². The minimum Gasteiger partial charge on any atom is -0.469 e. The molecule has 176 valence electrons. The van der Waals surface area contributed by atoms with Gasteiger partial charge in [-0.2, -0.15) is 0 Å². The standard InChI is InChI=1S/C26H32N2O5/c1-4-5-6-7-8-9-12-19(26(31)33-3)24(29)17-13-10-15-20-22(17)27-21-16-11-14-18(23(21)28-20)25(30)32-2/h10-11,13-16,19,24,29H,4-9,12H2,1-3H3/t19-,24-/m1/s1. The van der Waals surface area contributed by atoms with Gasteiger partial charge in [0.2, 0.25) is 0 Å². The van der Waals surface area contributed by atoms with Gasteiger partial charge in [-0.05, 0) is 24.6 Å². The van der Waals surface area contributed by atoms with Gasteiger partial charge in [-0.15, -0.1) is 0 Å². The van der Waals surface area contributed by atoms with E-state index in [9.17, 15) is 14.7 Å². The quantitative estimate of drug-likeness (QED) is 0.244. The van der Waals surface area contributed by atoms with Crippen LogP contribution in [0.2, 0.25) is 0 Å². The monoisotopic (exact) mass is 452 g/mol. The Bertz CT molecular complexity index is 1110. The van der Waals surface area contributed by atoms with Crippen molar-refractivity contribution in [2.45, 2.75) is 58.0 Å². The molecule has 1 heterocycles. The van der Waals surface area contributed by atoms with Gasteiger partial charge in [0, 0.05) is 5.56 Å². The van der Waals surface area contributed by atoms with Gasteiger partial charge >= 0.3 is 11.9 Å². The molecule has 2 atom stereocenters. The van der Waals surface area contributed by atoms with Crippen LogP contribution in [0, 0.1) is 5.92 Å². The van der Waals surface area contributed by atoms with Crippen LogP contribution in [-0.2, 0) is 14.3 Å². The summed E-state index contributed by atoms with van der Waals surface area (Å²) in [5.74, 6) is -1.62. The normalized spacial score (nSPS) is 13.1. The lowest BCUT2D eigenvalue weighted by Gasteiger charge is -2.22. The SMILES string of the molecule is CCCCCCCC[C@@H](C(=O)OC)[C@H](O)c1cccc2nc3c(C(=O)OC)cccc3nc12. The van der Waals surface area contributed by atoms with Gasteiger partial charge in [0.25, 0.3) is 0 Å². The molecule has 0 saturated heterocycles. The highest BCUT2D eigenvalue weighted by atomic mass is 16.5. The molecule has 7 heteroatoms. The smallest absolute Gasteiger partial charge is 0.340 e. The molecule has 0 amide bonds. The number of unbranched alkanes of at least 4 members (excludes halogenated alkanes) is 5. The number of rotatable bonds is 11. The number of hydrogen-bond donors (Lipinski definition) is 1. The van der Waals surface area contributed by atoms with Crippen molar-refractivity contribution in [3.63, 3.8) is 0 Å². The van der Waals surface area contributed by atoms with E-state index >= 15 is 0 Å². The minimum absolute atomic E-state index is 0.325. The second-order valence-corrected chi connectivity index (χ2v) is 8.23. The second kappa shape index (κ2) is 11.7. The summed E-state index contributed by atoms with van der Waals surface area (Å²) in [4.78, 5) is 34.0. The van der Waals surface area contributed by atoms with Crippen LogP contribution in [0.3, 0.4) is 0 Å². The Morgan fingerprint density at radius 3 is 2.21 bits per heavy atom. The molecule has 0 unspecified atom stereocenters. The summed E-state index contributed by atoms with van der Waals surface area (Å²) in [5, 5.41) is 11.2. The van der Waals surface area contributed by atoms with E-state index in [0.717, 1.165) is 19.3 Å². The number of methoxy groups -OCH3 is 2. The van der Waals surface area contributed by atoms with Crippen LogP contribution < -0.4 is 0 Å². The fraction of sp³-hybridized carbons (Fsp3) is 0.462. The van der Waals surface area contributed by atoms with Crippen LogP contribution in [0.4, 0.5) is 0 Å². The van der Waals surface area contributed by atoms with Gasteiger partial charge in [0.1, 0.15) is 5.52 Å². The topological polar surface area (TPSA) is 98.6 Å². The first-order valence-electron chi connectivity index (χ1n) is 11.5. The van der Waals surface area contributed by atoms with E-state index in [4.69, 9.17) is 14.5 Å². The van der Waals surface area contributed by atoms with Crippen LogP contribution in [0.25, 0.3) is 22.1 Å². The number of nitrogens with zero attached hydrogens (tertiary/aromatic N) is 2. The third-order valence-corrected chi connectivity index (χ3v) is 6.00. The van der Waals surface area contributed by atoms with E-state index in [2.05, 4.69) is 11.9 Å². The first-order valence-corrected chi connectivity index (χ1v) is 11.5. The molecule has 3 rings (SSSR count). The molecule has 0 aliphatic rings. The molecule has 1 N–H and O–H groups in total. The molecule has 7 nitrogen and oxygen atoms in total. The van der Waals surface area contributed by atoms with Gasteiger partial charge in [0.05, 0.1) is 48.4 Å². The third kappa shape index (κ3) is 5.66. The number of benzene rings is 2. The number of hydrogen-bond acceptors (Lipinski definition) is 7. The van der Waals surface area contributed by atoms with Crippen molar-refractivity contribution >= 4 is 34.0 Å². The summed E-state index contributed by atoms with van der Waals surface area (Å²) < 4.78 is 9.86. The van der Waals surface area contributed by atoms with Crippen molar-refractivity contribution in [3.8, 4) is 0 Å². The first kappa shape index (κ1) is 24.6. The molecule has 0 fully saturated rings. The van der Waals surface area contributed by atoms with Crippen molar-refractivity contribution in [3.05, 3.63) is 47.5 Å². The van der Waals surface area contributed by atoms with Crippen molar-refractivity contribution in [1.29, 1.82) is 0 Å². The molecule has 0 aliphatic heterocycles. The Balaban J connectivity index is 1.94. The fourth-order valence-corrected chi connectivity index (χ4v) is 4.17. The van der Waals surface area contributed by atoms with Crippen molar-refractivity contribution in [1.82, 2.24) is 9.97 Å². The number of carbonyl (C=O) groups excluding carboxylic acids is 2. The third-order valence-electron chi connectivity index (χ3n) is 6.00. The number of aromatic nitrogens is 2. The zero-order valence-corrected chi connectivity index (χ0v) is 19.5. The number of para-hydroxylation sites is 2. The van der Waals surface area contributed by atoms with E-state index in [1.54, 1.807) is 36.4 Å². The summed E-state index contributed by atoms with van der Waals surface area (Å²) in [6.07, 6.45) is 5.99. The number of aliphatic hydroxyl groups is 1. The Morgan fingerprint density at radius 2 is 1.52 bits per heavy atom. The van der Waals surface area contributed by atoms with Gasteiger partial charge in [-0.1, -0.05) is 63.6 Å². The molecule has 2 aromatic carbocycles. The number of fused-ring (bicyclic) bond motifs is 2. The molecule has 33 heavy (non-hydrogen) atoms. The Morgan fingerprint density at radius 1 is 0.879 bits per heavy atom. The van der Waals surface area contributed by atoms with Gasteiger partial charge in [-0.3, -0.25) is 4.79 Å². The molecule has 0 radical (unpaired) electrons. The maximum absolute atomic E-state index is 12.5. The van der Waals surface area contributed by atoms with Gasteiger partial charge in [-0.25, -0.2) is 14.8 Å². The highest BCUT2D eigenvalue weighted by Crippen LogP contribution is 2.32. The zero-order valence-electron chi connectivity index (χ0n) is 19.5. The maximum atomic E-state index is 12.5. The van der Waals surface area contributed by atoms with Gasteiger partial charge < -0.3 is 14.6 Å². The lowest BCUT2D eigenvalue weighted by atomic mass is 9.89. The maximum Gasteiger partial charge on any atom is 0.340 e. The van der Waals surface area contributed by atoms with Crippen molar-refractivity contribution in [2.24, 2.45) is 5.92 Å². The summed E-state index contributed by atoms with van der Waals surface area (Å²) in [7, 11) is 2.66. The summed E-state index contributed by atoms with van der Waals surface area (Å²) in [5.41, 5.74) is 2.81. The fourth-order valence-electron chi connectivity index (χ4n) is 4.17. The minimum atomic E-state index is -1.08. The van der Waals surface area contributed by atoms with Crippen molar-refractivity contribution < 1.29 is 24.2 Å². The molecule has 0 bridgehead atoms. The van der Waals surface area contributed by atoms with E-state index < -0.39 is 24.0 Å². The molecular weight excluding hydrogens is 420 g/mol. The Hall–Kier alpha value is -3.06. The number of carbonyl (C=O) groups is 2. The van der Waals surface area contributed by atoms with Crippen LogP contribution in [0.1, 0.15) is 73.9 Å². The molecule has 0 spiro atoms. The molecule has 0 aliphatic carbocycles. The second-order valence-electron chi connectivity index (χ2n) is 8.23. The lowest BCUT2D eigenvalue weighted by Crippen LogP contribution is -2.24. The van der Waals surface area contributed by atoms with Crippen LogP contribution in [-0.4, -0.2) is 41.2 Å². The zero-order chi connectivity index (χ0) is 23.8. The molecule has 1 aromatic heterocycles. The predicted octanol–water partition coefficient (Wildman–Crippen LogP) is 5.14.